The number of ether oxygens (including phenoxy) is 1. The van der Waals surface area contributed by atoms with Crippen LogP contribution in [0.2, 0.25) is 0 Å². The minimum atomic E-state index is -1.22. The normalized spacial score (nSPS) is 15.5. The fraction of sp³-hybridized carbons (Fsp3) is 0.250. The van der Waals surface area contributed by atoms with Gasteiger partial charge in [0, 0.05) is 36.4 Å². The molecule has 4 heterocycles. The minimum absolute atomic E-state index is 0.0823. The molecule has 4 N–H and O–H groups in total. The number of piperidine rings is 1. The number of carbonyl (C=O) groups excluding carboxylic acids is 1. The van der Waals surface area contributed by atoms with Gasteiger partial charge in [0.2, 0.25) is 5.95 Å². The number of aromatic amines is 1. The first-order valence-corrected chi connectivity index (χ1v) is 10.8. The highest BCUT2D eigenvalue weighted by atomic mass is 16.6. The van der Waals surface area contributed by atoms with Crippen molar-refractivity contribution in [1.29, 1.82) is 0 Å². The molecule has 0 saturated carbocycles. The number of anilines is 1. The van der Waals surface area contributed by atoms with Gasteiger partial charge in [-0.1, -0.05) is 30.3 Å². The highest BCUT2D eigenvalue weighted by Crippen LogP contribution is 2.35. The van der Waals surface area contributed by atoms with E-state index in [0.717, 1.165) is 22.2 Å². The maximum Gasteiger partial charge on any atom is 0.410 e. The summed E-state index contributed by atoms with van der Waals surface area (Å²) < 4.78 is 5.42. The number of nitrogen functional groups attached to an aromatic ring is 1. The number of aromatic nitrogens is 4. The van der Waals surface area contributed by atoms with E-state index in [1.165, 1.54) is 0 Å². The Labute approximate surface area is 190 Å². The van der Waals surface area contributed by atoms with Crippen molar-refractivity contribution in [2.45, 2.75) is 25.0 Å². The number of fused-ring (bicyclic) bond motifs is 1. The van der Waals surface area contributed by atoms with Gasteiger partial charge in [-0.3, -0.25) is 0 Å². The summed E-state index contributed by atoms with van der Waals surface area (Å²) in [7, 11) is 0. The number of hydrogen-bond donors (Lipinski definition) is 3. The quantitative estimate of drug-likeness (QED) is 0.440. The van der Waals surface area contributed by atoms with Crippen molar-refractivity contribution >= 4 is 23.1 Å². The third kappa shape index (κ3) is 4.22. The van der Waals surface area contributed by atoms with Crippen molar-refractivity contribution in [2.24, 2.45) is 0 Å². The molecular weight excluding hydrogens is 420 g/mol. The molecule has 1 aromatic carbocycles. The number of carbonyl (C=O) groups is 1. The zero-order chi connectivity index (χ0) is 22.8. The van der Waals surface area contributed by atoms with E-state index in [2.05, 4.69) is 19.9 Å². The van der Waals surface area contributed by atoms with Gasteiger partial charge in [0.1, 0.15) is 17.9 Å². The fourth-order valence-electron chi connectivity index (χ4n) is 4.14. The first-order chi connectivity index (χ1) is 16.0. The summed E-state index contributed by atoms with van der Waals surface area (Å²) >= 11 is 0. The summed E-state index contributed by atoms with van der Waals surface area (Å²) in [4.78, 5) is 30.2. The molecule has 0 aliphatic carbocycles. The van der Waals surface area contributed by atoms with Gasteiger partial charge in [0.05, 0.1) is 11.4 Å². The molecule has 5 rings (SSSR count). The van der Waals surface area contributed by atoms with Gasteiger partial charge >= 0.3 is 6.09 Å². The number of H-pyrrole nitrogens is 1. The van der Waals surface area contributed by atoms with Gasteiger partial charge in [-0.25, -0.2) is 19.7 Å². The Morgan fingerprint density at radius 2 is 1.94 bits per heavy atom. The van der Waals surface area contributed by atoms with Gasteiger partial charge in [-0.2, -0.15) is 0 Å². The molecular formula is C24H24N6O3. The van der Waals surface area contributed by atoms with E-state index >= 15 is 0 Å². The number of benzene rings is 1. The number of likely N-dealkylation sites (tertiary alicyclic amines) is 1. The summed E-state index contributed by atoms with van der Waals surface area (Å²) in [5.74, 6) is 0.0823. The molecule has 1 aliphatic heterocycles. The summed E-state index contributed by atoms with van der Waals surface area (Å²) in [5.41, 5.74) is 8.34. The lowest BCUT2D eigenvalue weighted by Gasteiger charge is -2.37. The molecule has 0 unspecified atom stereocenters. The first-order valence-electron chi connectivity index (χ1n) is 10.8. The van der Waals surface area contributed by atoms with E-state index in [4.69, 9.17) is 10.5 Å². The highest BCUT2D eigenvalue weighted by molar-refractivity contribution is 5.92. The number of pyridine rings is 1. The molecule has 33 heavy (non-hydrogen) atoms. The smallest absolute Gasteiger partial charge is 0.410 e. The molecule has 4 aromatic rings. The minimum Gasteiger partial charge on any atom is -0.445 e. The van der Waals surface area contributed by atoms with Crippen molar-refractivity contribution in [3.63, 3.8) is 0 Å². The highest BCUT2D eigenvalue weighted by Gasteiger charge is 2.38. The van der Waals surface area contributed by atoms with E-state index in [1.807, 2.05) is 48.7 Å². The topological polar surface area (TPSA) is 130 Å². The van der Waals surface area contributed by atoms with Crippen molar-refractivity contribution in [2.75, 3.05) is 18.8 Å². The predicted molar refractivity (Wildman–Crippen MR) is 123 cm³/mol. The van der Waals surface area contributed by atoms with Crippen molar-refractivity contribution in [1.82, 2.24) is 24.8 Å². The lowest BCUT2D eigenvalue weighted by Crippen LogP contribution is -2.45. The summed E-state index contributed by atoms with van der Waals surface area (Å²) in [6.07, 6.45) is 3.77. The fourth-order valence-corrected chi connectivity index (χ4v) is 4.14. The van der Waals surface area contributed by atoms with Crippen LogP contribution in [0.5, 0.6) is 0 Å². The lowest BCUT2D eigenvalue weighted by atomic mass is 9.87. The number of amides is 1. The monoisotopic (exact) mass is 444 g/mol. The zero-order valence-corrected chi connectivity index (χ0v) is 17.9. The molecule has 9 heteroatoms. The average molecular weight is 444 g/mol. The van der Waals surface area contributed by atoms with Crippen LogP contribution in [0.25, 0.3) is 22.3 Å². The van der Waals surface area contributed by atoms with Crippen molar-refractivity contribution in [3.8, 4) is 11.3 Å². The van der Waals surface area contributed by atoms with Gasteiger partial charge in [-0.05, 0) is 36.6 Å². The molecule has 0 bridgehead atoms. The predicted octanol–water partition coefficient (Wildman–Crippen LogP) is 3.22. The summed E-state index contributed by atoms with van der Waals surface area (Å²) in [5, 5.41) is 12.3. The van der Waals surface area contributed by atoms with E-state index in [9.17, 15) is 9.90 Å². The number of aliphatic hydroxyl groups is 1. The Hall–Kier alpha value is -3.98. The van der Waals surface area contributed by atoms with Crippen molar-refractivity contribution in [3.05, 3.63) is 72.2 Å². The van der Waals surface area contributed by atoms with Crippen molar-refractivity contribution < 1.29 is 14.6 Å². The molecule has 1 saturated heterocycles. The lowest BCUT2D eigenvalue weighted by molar-refractivity contribution is -0.0286. The van der Waals surface area contributed by atoms with E-state index < -0.39 is 11.7 Å². The second-order valence-corrected chi connectivity index (χ2v) is 8.16. The van der Waals surface area contributed by atoms with Gasteiger partial charge < -0.3 is 25.5 Å². The Morgan fingerprint density at radius 1 is 1.15 bits per heavy atom. The maximum absolute atomic E-state index is 12.5. The molecule has 1 amide bonds. The molecule has 0 spiro atoms. The largest absolute Gasteiger partial charge is 0.445 e. The number of rotatable bonds is 4. The van der Waals surface area contributed by atoms with Crippen LogP contribution in [0.4, 0.5) is 10.7 Å². The number of nitrogens with one attached hydrogen (secondary N) is 1. The van der Waals surface area contributed by atoms with Crippen LogP contribution >= 0.6 is 0 Å². The zero-order valence-electron chi connectivity index (χ0n) is 17.9. The standard InChI is InChI=1S/C24H24N6O3/c25-22-28-19(18-14-27-21-17(18)7-4-10-26-21)13-20(29-22)24(32)8-11-30(12-9-24)23(31)33-15-16-5-2-1-3-6-16/h1-7,10,13-14,32H,8-9,11-12,15H2,(H,26,27)(H2,25,28,29). The van der Waals surface area contributed by atoms with Crippen LogP contribution in [0, 0.1) is 0 Å². The van der Waals surface area contributed by atoms with Gasteiger partial charge in [0.15, 0.2) is 0 Å². The molecule has 0 radical (unpaired) electrons. The average Bonchev–Trinajstić information content (AvgIpc) is 3.28. The van der Waals surface area contributed by atoms with Crippen LogP contribution in [0.15, 0.2) is 60.9 Å². The molecule has 168 valence electrons. The third-order valence-corrected chi connectivity index (χ3v) is 6.00. The SMILES string of the molecule is Nc1nc(-c2c[nH]c3ncccc23)cc(C2(O)CCN(C(=O)OCc3ccccc3)CC2)n1. The molecule has 1 aliphatic rings. The van der Waals surface area contributed by atoms with Gasteiger partial charge in [-0.15, -0.1) is 0 Å². The second kappa shape index (κ2) is 8.51. The Morgan fingerprint density at radius 3 is 2.73 bits per heavy atom. The Kier molecular flexibility index (Phi) is 5.39. The molecule has 9 nitrogen and oxygen atoms in total. The van der Waals surface area contributed by atoms with Crippen LogP contribution in [-0.2, 0) is 16.9 Å². The second-order valence-electron chi connectivity index (χ2n) is 8.16. The van der Waals surface area contributed by atoms with Crippen LogP contribution in [0.1, 0.15) is 24.1 Å². The summed E-state index contributed by atoms with van der Waals surface area (Å²) in [6.45, 7) is 0.909. The summed E-state index contributed by atoms with van der Waals surface area (Å²) in [6, 6.07) is 15.1. The molecule has 0 atom stereocenters. The van der Waals surface area contributed by atoms with E-state index in [1.54, 1.807) is 17.2 Å². The maximum atomic E-state index is 12.5. The first kappa shape index (κ1) is 20.9. The molecule has 1 fully saturated rings. The van der Waals surface area contributed by atoms with Gasteiger partial charge in [0.25, 0.3) is 0 Å². The number of nitrogens with zero attached hydrogens (tertiary/aromatic N) is 4. The Bertz CT molecular complexity index is 1280. The third-order valence-electron chi connectivity index (χ3n) is 6.00. The van der Waals surface area contributed by atoms with E-state index in [0.29, 0.717) is 37.3 Å². The number of nitrogens with two attached hydrogens (primary N) is 1. The Balaban J connectivity index is 1.30. The molecule has 3 aromatic heterocycles. The van der Waals surface area contributed by atoms with Crippen LogP contribution < -0.4 is 5.73 Å². The van der Waals surface area contributed by atoms with E-state index in [-0.39, 0.29) is 12.6 Å². The number of hydrogen-bond acceptors (Lipinski definition) is 7. The van der Waals surface area contributed by atoms with Crippen LogP contribution in [-0.4, -0.2) is 49.1 Å². The van der Waals surface area contributed by atoms with Crippen LogP contribution in [0.3, 0.4) is 0 Å².